The molecule has 2 N–H and O–H groups in total. The molecule has 11 heavy (non-hydrogen) atoms. The largest absolute Gasteiger partial charge is 0.393 e. The molecule has 0 radical (unpaired) electrons. The Morgan fingerprint density at radius 3 is 1.91 bits per heavy atom. The van der Waals surface area contributed by atoms with Crippen molar-refractivity contribution in [1.29, 1.82) is 0 Å². The first-order valence-corrected chi connectivity index (χ1v) is 4.24. The summed E-state index contributed by atoms with van der Waals surface area (Å²) < 4.78 is 0. The van der Waals surface area contributed by atoms with Gasteiger partial charge in [0.1, 0.15) is 0 Å². The molecule has 0 aliphatic heterocycles. The molecule has 0 heterocycles. The van der Waals surface area contributed by atoms with Crippen LogP contribution in [0.4, 0.5) is 0 Å². The van der Waals surface area contributed by atoms with Crippen LogP contribution in [0.5, 0.6) is 0 Å². The average Bonchev–Trinajstić information content (AvgIpc) is 1.85. The third-order valence-electron chi connectivity index (χ3n) is 1.97. The summed E-state index contributed by atoms with van der Waals surface area (Å²) in [5.74, 6) is 0. The van der Waals surface area contributed by atoms with Gasteiger partial charge in [-0.1, -0.05) is 27.7 Å². The number of hydrogen-bond donors (Lipinski definition) is 2. The Bertz CT molecular complexity index is 105. The van der Waals surface area contributed by atoms with Crippen LogP contribution in [0.2, 0.25) is 0 Å². The fraction of sp³-hybridized carbons (Fsp3) is 1.00. The van der Waals surface area contributed by atoms with Gasteiger partial charge in [0, 0.05) is 0 Å². The lowest BCUT2D eigenvalue weighted by molar-refractivity contribution is 0.0127. The Kier molecular flexibility index (Phi) is 4.04. The summed E-state index contributed by atoms with van der Waals surface area (Å²) in [6.07, 6.45) is 0.439. The maximum atomic E-state index is 9.53. The number of aliphatic hydroxyl groups excluding tert-OH is 2. The summed E-state index contributed by atoms with van der Waals surface area (Å²) >= 11 is 0. The molecule has 0 spiro atoms. The molecule has 0 unspecified atom stereocenters. The lowest BCUT2D eigenvalue weighted by atomic mass is 9.85. The maximum Gasteiger partial charge on any atom is 0.0613 e. The van der Waals surface area contributed by atoms with E-state index in [-0.39, 0.29) is 11.5 Å². The van der Waals surface area contributed by atoms with Gasteiger partial charge >= 0.3 is 0 Å². The minimum absolute atomic E-state index is 0.115. The van der Waals surface area contributed by atoms with E-state index in [9.17, 15) is 10.2 Å². The van der Waals surface area contributed by atoms with Crippen molar-refractivity contribution in [3.05, 3.63) is 0 Å². The van der Waals surface area contributed by atoms with Gasteiger partial charge in [0.05, 0.1) is 12.2 Å². The lowest BCUT2D eigenvalue weighted by Gasteiger charge is -2.27. The van der Waals surface area contributed by atoms with Crippen LogP contribution >= 0.6 is 0 Å². The van der Waals surface area contributed by atoms with Crippen molar-refractivity contribution in [2.45, 2.75) is 52.7 Å². The fourth-order valence-electron chi connectivity index (χ4n) is 0.778. The van der Waals surface area contributed by atoms with Crippen molar-refractivity contribution in [3.8, 4) is 0 Å². The number of rotatable bonds is 3. The molecule has 0 amide bonds. The Morgan fingerprint density at radius 2 is 1.64 bits per heavy atom. The fourth-order valence-corrected chi connectivity index (χ4v) is 0.778. The zero-order valence-corrected chi connectivity index (χ0v) is 7.96. The molecule has 0 aromatic heterocycles. The van der Waals surface area contributed by atoms with Crippen LogP contribution in [0.15, 0.2) is 0 Å². The van der Waals surface area contributed by atoms with Gasteiger partial charge in [0.25, 0.3) is 0 Å². The van der Waals surface area contributed by atoms with Crippen LogP contribution in [0.1, 0.15) is 40.5 Å². The summed E-state index contributed by atoms with van der Waals surface area (Å²) in [5.41, 5.74) is -0.115. The van der Waals surface area contributed by atoms with Gasteiger partial charge in [0.2, 0.25) is 0 Å². The SMILES string of the molecule is CC[C@H](O)C[C@H](O)C(C)(C)C. The number of hydrogen-bond acceptors (Lipinski definition) is 2. The van der Waals surface area contributed by atoms with Crippen molar-refractivity contribution < 1.29 is 10.2 Å². The summed E-state index contributed by atoms with van der Waals surface area (Å²) in [6, 6.07) is 0. The van der Waals surface area contributed by atoms with Gasteiger partial charge < -0.3 is 10.2 Å². The molecule has 0 aliphatic rings. The van der Waals surface area contributed by atoms with Gasteiger partial charge in [-0.2, -0.15) is 0 Å². The summed E-state index contributed by atoms with van der Waals surface area (Å²) in [6.45, 7) is 7.83. The maximum absolute atomic E-state index is 9.53. The van der Waals surface area contributed by atoms with Crippen molar-refractivity contribution in [3.63, 3.8) is 0 Å². The van der Waals surface area contributed by atoms with E-state index in [0.717, 1.165) is 0 Å². The molecule has 2 heteroatoms. The van der Waals surface area contributed by atoms with E-state index in [1.807, 2.05) is 27.7 Å². The summed E-state index contributed by atoms with van der Waals surface area (Å²) in [4.78, 5) is 0. The zero-order chi connectivity index (χ0) is 9.07. The molecule has 0 saturated heterocycles. The molecule has 0 saturated carbocycles. The van der Waals surface area contributed by atoms with Crippen molar-refractivity contribution in [1.82, 2.24) is 0 Å². The van der Waals surface area contributed by atoms with Crippen LogP contribution in [0.25, 0.3) is 0 Å². The van der Waals surface area contributed by atoms with Crippen molar-refractivity contribution >= 4 is 0 Å². The first-order chi connectivity index (χ1) is 4.88. The van der Waals surface area contributed by atoms with Crippen molar-refractivity contribution in [2.75, 3.05) is 0 Å². The first-order valence-electron chi connectivity index (χ1n) is 4.24. The summed E-state index contributed by atoms with van der Waals surface area (Å²) in [5, 5.41) is 18.8. The molecular formula is C9H20O2. The molecule has 0 rings (SSSR count). The summed E-state index contributed by atoms with van der Waals surface area (Å²) in [7, 11) is 0. The van der Waals surface area contributed by atoms with Gasteiger partial charge in [-0.25, -0.2) is 0 Å². The minimum atomic E-state index is -0.405. The van der Waals surface area contributed by atoms with Crippen LogP contribution in [-0.4, -0.2) is 22.4 Å². The van der Waals surface area contributed by atoms with Gasteiger partial charge in [-0.05, 0) is 18.3 Å². The second kappa shape index (κ2) is 4.07. The molecule has 0 aromatic carbocycles. The minimum Gasteiger partial charge on any atom is -0.393 e. The third-order valence-corrected chi connectivity index (χ3v) is 1.97. The van der Waals surface area contributed by atoms with E-state index >= 15 is 0 Å². The predicted octanol–water partition coefficient (Wildman–Crippen LogP) is 1.55. The first kappa shape index (κ1) is 10.9. The molecule has 0 aromatic rings. The van der Waals surface area contributed by atoms with Crippen LogP contribution in [0, 0.1) is 5.41 Å². The lowest BCUT2D eigenvalue weighted by Crippen LogP contribution is -2.29. The van der Waals surface area contributed by atoms with Crippen molar-refractivity contribution in [2.24, 2.45) is 5.41 Å². The van der Waals surface area contributed by atoms with Crippen LogP contribution < -0.4 is 0 Å². The highest BCUT2D eigenvalue weighted by atomic mass is 16.3. The van der Waals surface area contributed by atoms with Gasteiger partial charge in [-0.3, -0.25) is 0 Å². The van der Waals surface area contributed by atoms with E-state index in [1.165, 1.54) is 0 Å². The zero-order valence-electron chi connectivity index (χ0n) is 7.96. The predicted molar refractivity (Wildman–Crippen MR) is 46.4 cm³/mol. The second-order valence-electron chi connectivity index (χ2n) is 4.18. The highest BCUT2D eigenvalue weighted by molar-refractivity contribution is 4.74. The monoisotopic (exact) mass is 160 g/mol. The molecule has 2 nitrogen and oxygen atoms in total. The van der Waals surface area contributed by atoms with E-state index in [0.29, 0.717) is 12.8 Å². The van der Waals surface area contributed by atoms with E-state index < -0.39 is 6.10 Å². The second-order valence-corrected chi connectivity index (χ2v) is 4.18. The van der Waals surface area contributed by atoms with Crippen LogP contribution in [-0.2, 0) is 0 Å². The topological polar surface area (TPSA) is 40.5 Å². The Morgan fingerprint density at radius 1 is 1.18 bits per heavy atom. The Balaban J connectivity index is 3.77. The molecule has 0 bridgehead atoms. The Hall–Kier alpha value is -0.0800. The quantitative estimate of drug-likeness (QED) is 0.657. The van der Waals surface area contributed by atoms with E-state index in [2.05, 4.69) is 0 Å². The average molecular weight is 160 g/mol. The third kappa shape index (κ3) is 4.38. The highest BCUT2D eigenvalue weighted by Crippen LogP contribution is 2.23. The standard InChI is InChI=1S/C9H20O2/c1-5-7(10)6-8(11)9(2,3)4/h7-8,10-11H,5-6H2,1-4H3/t7-,8-/m0/s1. The molecule has 0 fully saturated rings. The molecule has 0 aliphatic carbocycles. The number of aliphatic hydroxyl groups is 2. The van der Waals surface area contributed by atoms with E-state index in [1.54, 1.807) is 0 Å². The Labute approximate surface area is 69.2 Å². The molecule has 68 valence electrons. The van der Waals surface area contributed by atoms with E-state index in [4.69, 9.17) is 0 Å². The molecular weight excluding hydrogens is 140 g/mol. The smallest absolute Gasteiger partial charge is 0.0613 e. The molecule has 2 atom stereocenters. The highest BCUT2D eigenvalue weighted by Gasteiger charge is 2.23. The van der Waals surface area contributed by atoms with Gasteiger partial charge in [0.15, 0.2) is 0 Å². The van der Waals surface area contributed by atoms with Crippen LogP contribution in [0.3, 0.4) is 0 Å². The van der Waals surface area contributed by atoms with Gasteiger partial charge in [-0.15, -0.1) is 0 Å². The normalized spacial score (nSPS) is 18.0.